The molecule has 0 aliphatic carbocycles. The van der Waals surface area contributed by atoms with Crippen molar-refractivity contribution in [1.29, 1.82) is 0 Å². The Hall–Kier alpha value is -3.65. The van der Waals surface area contributed by atoms with E-state index in [4.69, 9.17) is 11.6 Å². The molecule has 8 nitrogen and oxygen atoms in total. The minimum atomic E-state index is -0.0414. The van der Waals surface area contributed by atoms with Crippen molar-refractivity contribution in [2.75, 3.05) is 31.1 Å². The molecule has 0 spiro atoms. The number of benzene rings is 1. The van der Waals surface area contributed by atoms with E-state index in [2.05, 4.69) is 19.9 Å². The Labute approximate surface area is 183 Å². The molecule has 1 N–H and O–H groups in total. The van der Waals surface area contributed by atoms with Gasteiger partial charge in [0.25, 0.3) is 5.91 Å². The van der Waals surface area contributed by atoms with Gasteiger partial charge in [0.15, 0.2) is 0 Å². The summed E-state index contributed by atoms with van der Waals surface area (Å²) in [5.41, 5.74) is 1.38. The molecule has 0 saturated carbocycles. The van der Waals surface area contributed by atoms with Crippen LogP contribution in [0.5, 0.6) is 5.75 Å². The number of aromatic hydroxyl groups is 1. The molecule has 1 aromatic carbocycles. The van der Waals surface area contributed by atoms with E-state index in [0.29, 0.717) is 42.7 Å². The largest absolute Gasteiger partial charge is 0.506 e. The summed E-state index contributed by atoms with van der Waals surface area (Å²) in [6.45, 7) is 2.47. The lowest BCUT2D eigenvalue weighted by atomic mass is 10.1. The molecule has 156 valence electrons. The van der Waals surface area contributed by atoms with Crippen LogP contribution in [0.15, 0.2) is 61.2 Å². The molecule has 4 aromatic rings. The minimum Gasteiger partial charge on any atom is -0.506 e. The third kappa shape index (κ3) is 3.66. The van der Waals surface area contributed by atoms with Crippen LogP contribution in [0.2, 0.25) is 5.02 Å². The van der Waals surface area contributed by atoms with Crippen LogP contribution in [0, 0.1) is 0 Å². The number of carbonyl (C=O) groups excluding carboxylic acids is 1. The zero-order chi connectivity index (χ0) is 21.4. The van der Waals surface area contributed by atoms with Crippen LogP contribution in [-0.2, 0) is 0 Å². The average molecular weight is 435 g/mol. The number of nitrogens with zero attached hydrogens (tertiary/aromatic N) is 6. The first-order chi connectivity index (χ1) is 15.1. The fourth-order valence-electron chi connectivity index (χ4n) is 3.83. The van der Waals surface area contributed by atoms with Gasteiger partial charge in [-0.15, -0.1) is 0 Å². The van der Waals surface area contributed by atoms with Crippen LogP contribution in [0.1, 0.15) is 10.4 Å². The molecule has 0 bridgehead atoms. The van der Waals surface area contributed by atoms with E-state index in [1.165, 1.54) is 6.20 Å². The van der Waals surface area contributed by atoms with Crippen molar-refractivity contribution >= 4 is 34.2 Å². The van der Waals surface area contributed by atoms with Gasteiger partial charge in [-0.25, -0.2) is 15.0 Å². The van der Waals surface area contributed by atoms with Gasteiger partial charge in [0.05, 0.1) is 17.3 Å². The number of hydrogen-bond donors (Lipinski definition) is 1. The molecule has 3 aromatic heterocycles. The normalized spacial score (nSPS) is 14.2. The van der Waals surface area contributed by atoms with Crippen molar-refractivity contribution in [3.8, 4) is 11.7 Å². The Kier molecular flexibility index (Phi) is 4.91. The molecular weight excluding hydrogens is 416 g/mol. The minimum absolute atomic E-state index is 0.0414. The molecule has 9 heteroatoms. The molecule has 31 heavy (non-hydrogen) atoms. The summed E-state index contributed by atoms with van der Waals surface area (Å²) in [5, 5.41) is 10.8. The summed E-state index contributed by atoms with van der Waals surface area (Å²) in [5.74, 6) is 1.37. The summed E-state index contributed by atoms with van der Waals surface area (Å²) >= 11 is 6.22. The van der Waals surface area contributed by atoms with E-state index >= 15 is 0 Å². The van der Waals surface area contributed by atoms with E-state index in [-0.39, 0.29) is 11.7 Å². The molecule has 0 atom stereocenters. The van der Waals surface area contributed by atoms with Gasteiger partial charge >= 0.3 is 0 Å². The van der Waals surface area contributed by atoms with Gasteiger partial charge < -0.3 is 14.9 Å². The van der Waals surface area contributed by atoms with Crippen LogP contribution >= 0.6 is 11.6 Å². The number of piperazine rings is 1. The van der Waals surface area contributed by atoms with E-state index in [1.807, 2.05) is 17.0 Å². The zero-order valence-corrected chi connectivity index (χ0v) is 17.3. The summed E-state index contributed by atoms with van der Waals surface area (Å²) in [7, 11) is 0. The number of amides is 1. The van der Waals surface area contributed by atoms with Gasteiger partial charge in [-0.3, -0.25) is 9.36 Å². The highest BCUT2D eigenvalue weighted by Crippen LogP contribution is 2.28. The molecular formula is C22H19ClN6O2. The highest BCUT2D eigenvalue weighted by Gasteiger charge is 2.26. The predicted molar refractivity (Wildman–Crippen MR) is 118 cm³/mol. The number of halogens is 1. The van der Waals surface area contributed by atoms with Crippen molar-refractivity contribution in [2.24, 2.45) is 0 Å². The third-order valence-corrected chi connectivity index (χ3v) is 5.62. The second-order valence-electron chi connectivity index (χ2n) is 7.28. The lowest BCUT2D eigenvalue weighted by Crippen LogP contribution is -2.49. The molecule has 5 rings (SSSR count). The number of anilines is 1. The monoisotopic (exact) mass is 434 g/mol. The summed E-state index contributed by atoms with van der Waals surface area (Å²) in [4.78, 5) is 30.2. The zero-order valence-electron chi connectivity index (χ0n) is 16.5. The standard InChI is InChI=1S/C22H19ClN6O2/c23-15-2-4-17-18(14-29(19(17)12-15)22-24-6-1-7-25-22)21(31)28-10-8-27(9-11-28)20-5-3-16(30)13-26-20/h1-7,12-14,30H,8-11H2. The second-order valence-corrected chi connectivity index (χ2v) is 7.71. The number of rotatable bonds is 3. The second kappa shape index (κ2) is 7.88. The number of carbonyl (C=O) groups is 1. The Morgan fingerprint density at radius 3 is 2.48 bits per heavy atom. The first-order valence-corrected chi connectivity index (χ1v) is 10.3. The lowest BCUT2D eigenvalue weighted by Gasteiger charge is -2.35. The molecule has 0 unspecified atom stereocenters. The van der Waals surface area contributed by atoms with E-state index in [9.17, 15) is 9.90 Å². The topological polar surface area (TPSA) is 87.4 Å². The molecule has 1 aliphatic rings. The number of fused-ring (bicyclic) bond motifs is 1. The van der Waals surface area contributed by atoms with E-state index in [0.717, 1.165) is 16.7 Å². The third-order valence-electron chi connectivity index (χ3n) is 5.39. The highest BCUT2D eigenvalue weighted by atomic mass is 35.5. The van der Waals surface area contributed by atoms with Gasteiger partial charge in [0, 0.05) is 55.2 Å². The van der Waals surface area contributed by atoms with Gasteiger partial charge in [-0.05, 0) is 30.3 Å². The molecule has 1 aliphatic heterocycles. The quantitative estimate of drug-likeness (QED) is 0.533. The maximum absolute atomic E-state index is 13.4. The van der Waals surface area contributed by atoms with E-state index < -0.39 is 0 Å². The molecule has 1 fully saturated rings. The van der Waals surface area contributed by atoms with Crippen molar-refractivity contribution in [1.82, 2.24) is 24.4 Å². The number of hydrogen-bond acceptors (Lipinski definition) is 6. The van der Waals surface area contributed by atoms with Gasteiger partial charge in [-0.1, -0.05) is 17.7 Å². The number of aromatic nitrogens is 4. The van der Waals surface area contributed by atoms with Gasteiger partial charge in [-0.2, -0.15) is 0 Å². The molecule has 4 heterocycles. The van der Waals surface area contributed by atoms with Crippen molar-refractivity contribution in [2.45, 2.75) is 0 Å². The SMILES string of the molecule is O=C(c1cn(-c2ncccn2)c2cc(Cl)ccc12)N1CCN(c2ccc(O)cn2)CC1. The van der Waals surface area contributed by atoms with Crippen molar-refractivity contribution < 1.29 is 9.90 Å². The number of pyridine rings is 1. The van der Waals surface area contributed by atoms with Crippen molar-refractivity contribution in [3.63, 3.8) is 0 Å². The van der Waals surface area contributed by atoms with Crippen LogP contribution in [-0.4, -0.2) is 61.6 Å². The summed E-state index contributed by atoms with van der Waals surface area (Å²) in [6.07, 6.45) is 6.54. The van der Waals surface area contributed by atoms with Crippen LogP contribution in [0.3, 0.4) is 0 Å². The van der Waals surface area contributed by atoms with Crippen molar-refractivity contribution in [3.05, 3.63) is 71.8 Å². The first-order valence-electron chi connectivity index (χ1n) is 9.87. The van der Waals surface area contributed by atoms with Crippen LogP contribution in [0.25, 0.3) is 16.9 Å². The fourth-order valence-corrected chi connectivity index (χ4v) is 3.99. The van der Waals surface area contributed by atoms with Gasteiger partial charge in [0.1, 0.15) is 11.6 Å². The lowest BCUT2D eigenvalue weighted by molar-refractivity contribution is 0.0748. The molecule has 1 amide bonds. The first kappa shape index (κ1) is 19.3. The smallest absolute Gasteiger partial charge is 0.256 e. The summed E-state index contributed by atoms with van der Waals surface area (Å²) < 4.78 is 1.80. The maximum Gasteiger partial charge on any atom is 0.256 e. The highest BCUT2D eigenvalue weighted by molar-refractivity contribution is 6.31. The maximum atomic E-state index is 13.4. The van der Waals surface area contributed by atoms with Crippen LogP contribution in [0.4, 0.5) is 5.82 Å². The van der Waals surface area contributed by atoms with E-state index in [1.54, 1.807) is 47.4 Å². The average Bonchev–Trinajstić information content (AvgIpc) is 3.18. The fraction of sp³-hybridized carbons (Fsp3) is 0.182. The predicted octanol–water partition coefficient (Wildman–Crippen LogP) is 3.14. The van der Waals surface area contributed by atoms with Gasteiger partial charge in [0.2, 0.25) is 5.95 Å². The Balaban J connectivity index is 1.42. The summed E-state index contributed by atoms with van der Waals surface area (Å²) in [6, 6.07) is 10.6. The Morgan fingerprint density at radius 1 is 1.00 bits per heavy atom. The Morgan fingerprint density at radius 2 is 1.77 bits per heavy atom. The molecule has 0 radical (unpaired) electrons. The van der Waals surface area contributed by atoms with Crippen LogP contribution < -0.4 is 4.90 Å². The molecule has 1 saturated heterocycles. The Bertz CT molecular complexity index is 1230.